The van der Waals surface area contributed by atoms with Crippen LogP contribution in [0.3, 0.4) is 0 Å². The number of carbonyl (C=O) groups excluding carboxylic acids is 2. The van der Waals surface area contributed by atoms with Crippen molar-refractivity contribution in [3.05, 3.63) is 59.2 Å². The number of amidine groups is 1. The lowest BCUT2D eigenvalue weighted by Gasteiger charge is -2.15. The molecule has 154 valence electrons. The van der Waals surface area contributed by atoms with Gasteiger partial charge in [0, 0.05) is 42.8 Å². The zero-order valence-corrected chi connectivity index (χ0v) is 17.1. The summed E-state index contributed by atoms with van der Waals surface area (Å²) >= 11 is 0. The summed E-state index contributed by atoms with van der Waals surface area (Å²) in [5, 5.41) is 2.83. The van der Waals surface area contributed by atoms with E-state index in [1.807, 2.05) is 60.4 Å². The van der Waals surface area contributed by atoms with Crippen LogP contribution >= 0.6 is 0 Å². The van der Waals surface area contributed by atoms with Gasteiger partial charge in [0.2, 0.25) is 5.91 Å². The normalized spacial score (nSPS) is 15.7. The Kier molecular flexibility index (Phi) is 5.65. The summed E-state index contributed by atoms with van der Waals surface area (Å²) in [5.74, 6) is 0.391. The number of hydrogen-bond donors (Lipinski definition) is 2. The number of amides is 2. The molecule has 4 rings (SSSR count). The topological polar surface area (TPSA) is 87.8 Å². The lowest BCUT2D eigenvalue weighted by Crippen LogP contribution is -2.27. The maximum absolute atomic E-state index is 12.6. The fourth-order valence-electron chi connectivity index (χ4n) is 3.91. The monoisotopic (exact) mass is 402 g/mol. The fraction of sp³-hybridized carbons (Fsp3) is 0.292. The molecule has 0 aliphatic carbocycles. The van der Waals surface area contributed by atoms with Crippen LogP contribution in [0.5, 0.6) is 0 Å². The minimum Gasteiger partial charge on any atom is -0.387 e. The SMILES string of the molecule is CCNC(=O)C1=Cc2cc(-c3ccc(C(=O)N4CCCC4)cc3)ccc2N=C(N)C1. The van der Waals surface area contributed by atoms with Crippen molar-refractivity contribution in [1.82, 2.24) is 10.2 Å². The number of hydrogen-bond acceptors (Lipinski definition) is 4. The summed E-state index contributed by atoms with van der Waals surface area (Å²) in [6, 6.07) is 13.6. The number of nitrogens with two attached hydrogens (primary N) is 1. The van der Waals surface area contributed by atoms with Gasteiger partial charge in [-0.25, -0.2) is 4.99 Å². The summed E-state index contributed by atoms with van der Waals surface area (Å²) in [7, 11) is 0. The number of benzene rings is 2. The first-order valence-corrected chi connectivity index (χ1v) is 10.4. The zero-order chi connectivity index (χ0) is 21.1. The molecule has 2 aromatic carbocycles. The Bertz CT molecular complexity index is 1030. The van der Waals surface area contributed by atoms with Gasteiger partial charge >= 0.3 is 0 Å². The highest BCUT2D eigenvalue weighted by atomic mass is 16.2. The van der Waals surface area contributed by atoms with Crippen LogP contribution < -0.4 is 11.1 Å². The molecule has 0 unspecified atom stereocenters. The quantitative estimate of drug-likeness (QED) is 0.820. The van der Waals surface area contributed by atoms with Gasteiger partial charge in [-0.1, -0.05) is 18.2 Å². The fourth-order valence-corrected chi connectivity index (χ4v) is 3.91. The third kappa shape index (κ3) is 4.13. The van der Waals surface area contributed by atoms with Gasteiger partial charge in [0.15, 0.2) is 0 Å². The van der Waals surface area contributed by atoms with Gasteiger partial charge in [0.1, 0.15) is 5.84 Å². The first-order chi connectivity index (χ1) is 14.5. The second kappa shape index (κ2) is 8.53. The smallest absolute Gasteiger partial charge is 0.253 e. The summed E-state index contributed by atoms with van der Waals surface area (Å²) in [6.45, 7) is 4.13. The molecule has 1 fully saturated rings. The maximum atomic E-state index is 12.6. The minimum absolute atomic E-state index is 0.0975. The second-order valence-corrected chi connectivity index (χ2v) is 7.66. The van der Waals surface area contributed by atoms with Crippen molar-refractivity contribution in [1.29, 1.82) is 0 Å². The molecule has 2 aliphatic heterocycles. The molecule has 2 heterocycles. The van der Waals surface area contributed by atoms with Crippen LogP contribution in [0.4, 0.5) is 5.69 Å². The maximum Gasteiger partial charge on any atom is 0.253 e. The number of likely N-dealkylation sites (tertiary alicyclic amines) is 1. The first-order valence-electron chi connectivity index (χ1n) is 10.4. The van der Waals surface area contributed by atoms with Crippen LogP contribution in [0, 0.1) is 0 Å². The second-order valence-electron chi connectivity index (χ2n) is 7.66. The molecule has 0 atom stereocenters. The van der Waals surface area contributed by atoms with E-state index < -0.39 is 0 Å². The molecule has 0 spiro atoms. The van der Waals surface area contributed by atoms with E-state index in [4.69, 9.17) is 5.73 Å². The van der Waals surface area contributed by atoms with E-state index in [9.17, 15) is 9.59 Å². The largest absolute Gasteiger partial charge is 0.387 e. The van der Waals surface area contributed by atoms with Gasteiger partial charge in [-0.3, -0.25) is 9.59 Å². The highest BCUT2D eigenvalue weighted by Crippen LogP contribution is 2.31. The Morgan fingerprint density at radius 1 is 1.07 bits per heavy atom. The molecule has 0 aromatic heterocycles. The van der Waals surface area contributed by atoms with E-state index in [0.29, 0.717) is 29.9 Å². The molecule has 3 N–H and O–H groups in total. The number of aliphatic imine (C=N–C) groups is 1. The van der Waals surface area contributed by atoms with E-state index in [0.717, 1.165) is 48.3 Å². The van der Waals surface area contributed by atoms with E-state index >= 15 is 0 Å². The molecule has 0 saturated carbocycles. The van der Waals surface area contributed by atoms with Gasteiger partial charge in [-0.05, 0) is 61.2 Å². The van der Waals surface area contributed by atoms with E-state index in [-0.39, 0.29) is 11.8 Å². The number of rotatable bonds is 4. The van der Waals surface area contributed by atoms with Gasteiger partial charge in [-0.15, -0.1) is 0 Å². The number of nitrogens with zero attached hydrogens (tertiary/aromatic N) is 2. The number of nitrogens with one attached hydrogen (secondary N) is 1. The van der Waals surface area contributed by atoms with Crippen LogP contribution in [0.15, 0.2) is 53.0 Å². The summed E-state index contributed by atoms with van der Waals surface area (Å²) < 4.78 is 0. The Morgan fingerprint density at radius 3 is 2.47 bits per heavy atom. The van der Waals surface area contributed by atoms with Crippen molar-refractivity contribution in [2.75, 3.05) is 19.6 Å². The Morgan fingerprint density at radius 2 is 1.77 bits per heavy atom. The summed E-state index contributed by atoms with van der Waals surface area (Å²) in [5.41, 5.74) is 10.9. The molecule has 2 amide bonds. The molecule has 6 heteroatoms. The molecule has 0 bridgehead atoms. The molecule has 6 nitrogen and oxygen atoms in total. The number of fused-ring (bicyclic) bond motifs is 1. The number of likely N-dealkylation sites (N-methyl/N-ethyl adjacent to an activating group) is 1. The highest BCUT2D eigenvalue weighted by molar-refractivity contribution is 6.05. The van der Waals surface area contributed by atoms with Crippen molar-refractivity contribution in [2.45, 2.75) is 26.2 Å². The van der Waals surface area contributed by atoms with E-state index in [1.165, 1.54) is 0 Å². The molecule has 2 aromatic rings. The Balaban J connectivity index is 1.63. The highest BCUT2D eigenvalue weighted by Gasteiger charge is 2.19. The zero-order valence-electron chi connectivity index (χ0n) is 17.1. The van der Waals surface area contributed by atoms with Crippen molar-refractivity contribution in [3.8, 4) is 11.1 Å². The third-order valence-corrected chi connectivity index (χ3v) is 5.48. The first kappa shape index (κ1) is 19.9. The van der Waals surface area contributed by atoms with Crippen LogP contribution in [-0.4, -0.2) is 42.2 Å². The molecule has 1 saturated heterocycles. The van der Waals surface area contributed by atoms with Gasteiger partial charge in [0.25, 0.3) is 5.91 Å². The predicted molar refractivity (Wildman–Crippen MR) is 120 cm³/mol. The van der Waals surface area contributed by atoms with Crippen molar-refractivity contribution < 1.29 is 9.59 Å². The van der Waals surface area contributed by atoms with Gasteiger partial charge in [-0.2, -0.15) is 0 Å². The molecular formula is C24H26N4O2. The summed E-state index contributed by atoms with van der Waals surface area (Å²) in [6.07, 6.45) is 4.34. The van der Waals surface area contributed by atoms with E-state index in [2.05, 4.69) is 10.3 Å². The average Bonchev–Trinajstić information content (AvgIpc) is 3.23. The minimum atomic E-state index is -0.126. The Labute approximate surface area is 176 Å². The van der Waals surface area contributed by atoms with Crippen molar-refractivity contribution in [2.24, 2.45) is 10.7 Å². The van der Waals surface area contributed by atoms with Gasteiger partial charge < -0.3 is 16.0 Å². The predicted octanol–water partition coefficient (Wildman–Crippen LogP) is 3.50. The van der Waals surface area contributed by atoms with E-state index in [1.54, 1.807) is 0 Å². The standard InChI is InChI=1S/C24H26N4O2/c1-2-26-23(29)20-14-19-13-18(9-10-21(19)27-22(25)15-20)16-5-7-17(8-6-16)24(30)28-11-3-4-12-28/h5-10,13-14H,2-4,11-12,15H2,1H3,(H2,25,27)(H,26,29). The molecular weight excluding hydrogens is 376 g/mol. The van der Waals surface area contributed by atoms with Crippen LogP contribution in [0.25, 0.3) is 17.2 Å². The average molecular weight is 402 g/mol. The number of carbonyl (C=O) groups is 2. The molecule has 2 aliphatic rings. The third-order valence-electron chi connectivity index (χ3n) is 5.48. The molecule has 30 heavy (non-hydrogen) atoms. The van der Waals surface area contributed by atoms with Crippen LogP contribution in [-0.2, 0) is 4.79 Å². The van der Waals surface area contributed by atoms with Gasteiger partial charge in [0.05, 0.1) is 5.69 Å². The lowest BCUT2D eigenvalue weighted by molar-refractivity contribution is -0.117. The summed E-state index contributed by atoms with van der Waals surface area (Å²) in [4.78, 5) is 31.3. The molecule has 0 radical (unpaired) electrons. The Hall–Kier alpha value is -3.41. The van der Waals surface area contributed by atoms with Crippen LogP contribution in [0.2, 0.25) is 0 Å². The van der Waals surface area contributed by atoms with Crippen LogP contribution in [0.1, 0.15) is 42.1 Å². The van der Waals surface area contributed by atoms with Crippen molar-refractivity contribution >= 4 is 29.4 Å². The van der Waals surface area contributed by atoms with Crippen molar-refractivity contribution in [3.63, 3.8) is 0 Å². The lowest BCUT2D eigenvalue weighted by atomic mass is 9.99.